The molecule has 1 saturated carbocycles. The lowest BCUT2D eigenvalue weighted by Crippen LogP contribution is -2.22. The minimum Gasteiger partial charge on any atom is -0.310 e. The topological polar surface area (TPSA) is 12.0 Å². The maximum atomic E-state index is 3.62. The first-order chi connectivity index (χ1) is 7.20. The molecule has 0 bridgehead atoms. The van der Waals surface area contributed by atoms with Crippen molar-refractivity contribution in [3.05, 3.63) is 34.9 Å². The lowest BCUT2D eigenvalue weighted by molar-refractivity contribution is 0.495. The van der Waals surface area contributed by atoms with Crippen LogP contribution >= 0.6 is 0 Å². The molecule has 1 aromatic rings. The Labute approximate surface area is 92.9 Å². The van der Waals surface area contributed by atoms with Crippen molar-refractivity contribution in [2.45, 2.75) is 39.7 Å². The molecule has 1 fully saturated rings. The predicted octanol–water partition coefficient (Wildman–Crippen LogP) is 3.36. The van der Waals surface area contributed by atoms with Crippen LogP contribution in [0.1, 0.15) is 42.5 Å². The fraction of sp³-hybridized carbons (Fsp3) is 0.571. The highest BCUT2D eigenvalue weighted by Gasteiger charge is 2.31. The van der Waals surface area contributed by atoms with E-state index in [4.69, 9.17) is 0 Å². The van der Waals surface area contributed by atoms with Crippen molar-refractivity contribution >= 4 is 0 Å². The Kier molecular flexibility index (Phi) is 3.11. The lowest BCUT2D eigenvalue weighted by Gasteiger charge is -2.18. The average Bonchev–Trinajstić information content (AvgIpc) is 2.95. The smallest absolute Gasteiger partial charge is 0.0348 e. The summed E-state index contributed by atoms with van der Waals surface area (Å²) in [6, 6.07) is 7.50. The average molecular weight is 203 g/mol. The Hall–Kier alpha value is -0.820. The second-order valence-corrected chi connectivity index (χ2v) is 4.79. The summed E-state index contributed by atoms with van der Waals surface area (Å²) in [6.07, 6.45) is 2.79. The zero-order chi connectivity index (χ0) is 10.8. The SMILES string of the molecule is CCNC(c1cc(C)cc(C)c1)C1CC1. The number of rotatable bonds is 4. The van der Waals surface area contributed by atoms with Gasteiger partial charge in [-0.1, -0.05) is 36.2 Å². The number of hydrogen-bond acceptors (Lipinski definition) is 1. The monoisotopic (exact) mass is 203 g/mol. The van der Waals surface area contributed by atoms with E-state index in [1.54, 1.807) is 0 Å². The Morgan fingerprint density at radius 2 is 1.80 bits per heavy atom. The highest BCUT2D eigenvalue weighted by Crippen LogP contribution is 2.41. The molecule has 1 aromatic carbocycles. The fourth-order valence-corrected chi connectivity index (χ4v) is 2.40. The number of hydrogen-bond donors (Lipinski definition) is 1. The molecule has 0 aromatic heterocycles. The van der Waals surface area contributed by atoms with Gasteiger partial charge in [-0.15, -0.1) is 0 Å². The molecule has 0 spiro atoms. The third kappa shape index (κ3) is 2.60. The van der Waals surface area contributed by atoms with Crippen LogP contribution in [-0.2, 0) is 0 Å². The van der Waals surface area contributed by atoms with Crippen LogP contribution in [-0.4, -0.2) is 6.54 Å². The molecule has 0 heterocycles. The first-order valence-electron chi connectivity index (χ1n) is 6.02. The molecule has 0 aliphatic heterocycles. The first kappa shape index (κ1) is 10.7. The molecule has 1 aliphatic rings. The summed E-state index contributed by atoms with van der Waals surface area (Å²) in [7, 11) is 0. The molecule has 0 amide bonds. The van der Waals surface area contributed by atoms with E-state index >= 15 is 0 Å². The number of aryl methyl sites for hydroxylation is 2. The standard InChI is InChI=1S/C14H21N/c1-4-15-14(12-5-6-12)13-8-10(2)7-11(3)9-13/h7-9,12,14-15H,4-6H2,1-3H3. The van der Waals surface area contributed by atoms with E-state index in [0.717, 1.165) is 12.5 Å². The van der Waals surface area contributed by atoms with Gasteiger partial charge in [-0.3, -0.25) is 0 Å². The quantitative estimate of drug-likeness (QED) is 0.791. The Bertz CT molecular complexity index is 319. The van der Waals surface area contributed by atoms with Gasteiger partial charge in [0.25, 0.3) is 0 Å². The molecule has 82 valence electrons. The van der Waals surface area contributed by atoms with E-state index in [1.165, 1.54) is 29.5 Å². The molecule has 1 atom stereocenters. The van der Waals surface area contributed by atoms with Crippen LogP contribution in [0.4, 0.5) is 0 Å². The summed E-state index contributed by atoms with van der Waals surface area (Å²) < 4.78 is 0. The van der Waals surface area contributed by atoms with Crippen LogP contribution in [0.25, 0.3) is 0 Å². The van der Waals surface area contributed by atoms with Crippen molar-refractivity contribution in [1.82, 2.24) is 5.32 Å². The van der Waals surface area contributed by atoms with Crippen molar-refractivity contribution in [2.24, 2.45) is 5.92 Å². The number of nitrogens with one attached hydrogen (secondary N) is 1. The zero-order valence-electron chi connectivity index (χ0n) is 10.0. The van der Waals surface area contributed by atoms with Gasteiger partial charge >= 0.3 is 0 Å². The molecule has 1 unspecified atom stereocenters. The van der Waals surface area contributed by atoms with Crippen molar-refractivity contribution in [3.63, 3.8) is 0 Å². The van der Waals surface area contributed by atoms with Gasteiger partial charge in [0.1, 0.15) is 0 Å². The van der Waals surface area contributed by atoms with Gasteiger partial charge in [0.15, 0.2) is 0 Å². The van der Waals surface area contributed by atoms with Crippen molar-refractivity contribution in [1.29, 1.82) is 0 Å². The van der Waals surface area contributed by atoms with E-state index in [9.17, 15) is 0 Å². The summed E-state index contributed by atoms with van der Waals surface area (Å²) in [6.45, 7) is 7.63. The predicted molar refractivity (Wildman–Crippen MR) is 65.1 cm³/mol. The van der Waals surface area contributed by atoms with Gasteiger partial charge in [0.05, 0.1) is 0 Å². The summed E-state index contributed by atoms with van der Waals surface area (Å²) in [5.41, 5.74) is 4.25. The van der Waals surface area contributed by atoms with Crippen LogP contribution in [0.5, 0.6) is 0 Å². The van der Waals surface area contributed by atoms with Gasteiger partial charge in [0, 0.05) is 6.04 Å². The molecule has 1 N–H and O–H groups in total. The largest absolute Gasteiger partial charge is 0.310 e. The first-order valence-corrected chi connectivity index (χ1v) is 6.02. The molecule has 0 radical (unpaired) electrons. The van der Waals surface area contributed by atoms with Crippen LogP contribution in [0.15, 0.2) is 18.2 Å². The van der Waals surface area contributed by atoms with Gasteiger partial charge < -0.3 is 5.32 Å². The fourth-order valence-electron chi connectivity index (χ4n) is 2.40. The van der Waals surface area contributed by atoms with E-state index in [0.29, 0.717) is 6.04 Å². The van der Waals surface area contributed by atoms with Crippen molar-refractivity contribution in [2.75, 3.05) is 6.54 Å². The van der Waals surface area contributed by atoms with Gasteiger partial charge in [-0.2, -0.15) is 0 Å². The maximum absolute atomic E-state index is 3.62. The molecule has 1 heteroatoms. The normalized spacial score (nSPS) is 17.8. The van der Waals surface area contributed by atoms with Crippen LogP contribution in [0.3, 0.4) is 0 Å². The van der Waals surface area contributed by atoms with E-state index in [-0.39, 0.29) is 0 Å². The Balaban J connectivity index is 2.24. The second kappa shape index (κ2) is 4.36. The molecule has 0 saturated heterocycles. The highest BCUT2D eigenvalue weighted by molar-refractivity contribution is 5.31. The summed E-state index contributed by atoms with van der Waals surface area (Å²) in [4.78, 5) is 0. The van der Waals surface area contributed by atoms with Crippen LogP contribution < -0.4 is 5.32 Å². The Morgan fingerprint density at radius 3 is 2.27 bits per heavy atom. The van der Waals surface area contributed by atoms with Crippen LogP contribution in [0, 0.1) is 19.8 Å². The molecular weight excluding hydrogens is 182 g/mol. The Morgan fingerprint density at radius 1 is 1.20 bits per heavy atom. The highest BCUT2D eigenvalue weighted by atomic mass is 14.9. The summed E-state index contributed by atoms with van der Waals surface area (Å²) in [5.74, 6) is 0.881. The van der Waals surface area contributed by atoms with Gasteiger partial charge in [0.2, 0.25) is 0 Å². The summed E-state index contributed by atoms with van der Waals surface area (Å²) in [5, 5.41) is 3.62. The minimum absolute atomic E-state index is 0.591. The van der Waals surface area contributed by atoms with E-state index in [2.05, 4.69) is 44.3 Å². The third-order valence-electron chi connectivity index (χ3n) is 3.12. The third-order valence-corrected chi connectivity index (χ3v) is 3.12. The van der Waals surface area contributed by atoms with E-state index in [1.807, 2.05) is 0 Å². The second-order valence-electron chi connectivity index (χ2n) is 4.79. The molecule has 2 rings (SSSR count). The maximum Gasteiger partial charge on any atom is 0.0348 e. The van der Waals surface area contributed by atoms with Gasteiger partial charge in [-0.05, 0) is 44.7 Å². The van der Waals surface area contributed by atoms with E-state index < -0.39 is 0 Å². The molecule has 1 aliphatic carbocycles. The van der Waals surface area contributed by atoms with Crippen LogP contribution in [0.2, 0.25) is 0 Å². The summed E-state index contributed by atoms with van der Waals surface area (Å²) >= 11 is 0. The molecular formula is C14H21N. The van der Waals surface area contributed by atoms with Gasteiger partial charge in [-0.25, -0.2) is 0 Å². The lowest BCUT2D eigenvalue weighted by atomic mass is 9.98. The molecule has 1 nitrogen and oxygen atoms in total. The minimum atomic E-state index is 0.591. The zero-order valence-corrected chi connectivity index (χ0v) is 10.0. The number of benzene rings is 1. The van der Waals surface area contributed by atoms with Crippen molar-refractivity contribution < 1.29 is 0 Å². The van der Waals surface area contributed by atoms with Crippen molar-refractivity contribution in [3.8, 4) is 0 Å². The molecule has 15 heavy (non-hydrogen) atoms.